The molecule has 0 saturated carbocycles. The Hall–Kier alpha value is -3.51. The summed E-state index contributed by atoms with van der Waals surface area (Å²) in [5, 5.41) is 3.44. The van der Waals surface area contributed by atoms with Crippen LogP contribution in [0.15, 0.2) is 67.0 Å². The van der Waals surface area contributed by atoms with Gasteiger partial charge in [0.15, 0.2) is 0 Å². The molecule has 4 aromatic rings. The topological polar surface area (TPSA) is 58.9 Å². The van der Waals surface area contributed by atoms with Gasteiger partial charge in [0.05, 0.1) is 11.4 Å². The fraction of sp³-hybridized carbons (Fsp3) is 0.269. The van der Waals surface area contributed by atoms with Crippen LogP contribution in [0.3, 0.4) is 0 Å². The molecule has 1 aliphatic rings. The van der Waals surface area contributed by atoms with Gasteiger partial charge in [-0.25, -0.2) is 15.0 Å². The number of likely N-dealkylation sites (N-methyl/N-ethyl adjacent to an activating group) is 1. The van der Waals surface area contributed by atoms with Gasteiger partial charge in [-0.3, -0.25) is 0 Å². The lowest BCUT2D eigenvalue weighted by Gasteiger charge is -2.28. The molecule has 2 aromatic heterocycles. The maximum Gasteiger partial charge on any atom is 0.227 e. The lowest BCUT2D eigenvalue weighted by Crippen LogP contribution is -2.29. The van der Waals surface area contributed by atoms with Crippen molar-refractivity contribution in [1.82, 2.24) is 24.4 Å². The van der Waals surface area contributed by atoms with Crippen LogP contribution in [-0.2, 0) is 13.0 Å². The number of rotatable bonds is 5. The van der Waals surface area contributed by atoms with Crippen LogP contribution in [0.5, 0.6) is 0 Å². The second-order valence-electron chi connectivity index (χ2n) is 8.49. The molecule has 0 fully saturated rings. The van der Waals surface area contributed by atoms with Gasteiger partial charge in [-0.2, -0.15) is 0 Å². The smallest absolute Gasteiger partial charge is 0.227 e. The minimum atomic E-state index is 0.201. The highest BCUT2D eigenvalue weighted by Gasteiger charge is 2.24. The largest absolute Gasteiger partial charge is 0.324 e. The van der Waals surface area contributed by atoms with E-state index in [-0.39, 0.29) is 5.92 Å². The van der Waals surface area contributed by atoms with Gasteiger partial charge in [-0.05, 0) is 43.8 Å². The summed E-state index contributed by atoms with van der Waals surface area (Å²) in [6, 6.07) is 18.9. The molecule has 2 aromatic carbocycles. The number of nitrogens with zero attached hydrogens (tertiary/aromatic N) is 5. The molecule has 0 bridgehead atoms. The molecule has 1 N–H and O–H groups in total. The normalized spacial score (nSPS) is 14.7. The Morgan fingerprint density at radius 2 is 1.78 bits per heavy atom. The number of benzene rings is 2. The quantitative estimate of drug-likeness (QED) is 0.496. The summed E-state index contributed by atoms with van der Waals surface area (Å²) in [5.74, 6) is 1.83. The zero-order valence-corrected chi connectivity index (χ0v) is 18.8. The van der Waals surface area contributed by atoms with Gasteiger partial charge in [0, 0.05) is 54.8 Å². The molecule has 162 valence electrons. The predicted molar refractivity (Wildman–Crippen MR) is 128 cm³/mol. The first-order valence-electron chi connectivity index (χ1n) is 11.1. The van der Waals surface area contributed by atoms with Crippen LogP contribution >= 0.6 is 0 Å². The molecule has 0 radical (unpaired) electrons. The zero-order valence-electron chi connectivity index (χ0n) is 18.8. The predicted octanol–water partition coefficient (Wildman–Crippen LogP) is 4.85. The van der Waals surface area contributed by atoms with Crippen LogP contribution in [-0.4, -0.2) is 38.0 Å². The monoisotopic (exact) mass is 424 g/mol. The van der Waals surface area contributed by atoms with Crippen molar-refractivity contribution in [2.75, 3.05) is 18.9 Å². The third kappa shape index (κ3) is 4.01. The molecule has 6 heteroatoms. The lowest BCUT2D eigenvalue weighted by atomic mass is 9.91. The van der Waals surface area contributed by atoms with E-state index < -0.39 is 0 Å². The Kier molecular flexibility index (Phi) is 5.45. The third-order valence-corrected chi connectivity index (χ3v) is 6.22. The molecule has 0 aliphatic carbocycles. The number of fused-ring (bicyclic) bond motifs is 1. The van der Waals surface area contributed by atoms with Gasteiger partial charge in [0.2, 0.25) is 5.95 Å². The second kappa shape index (κ2) is 8.55. The lowest BCUT2D eigenvalue weighted by molar-refractivity contribution is 0.307. The van der Waals surface area contributed by atoms with Crippen molar-refractivity contribution in [3.63, 3.8) is 0 Å². The highest BCUT2D eigenvalue weighted by atomic mass is 15.1. The molecule has 0 spiro atoms. The van der Waals surface area contributed by atoms with Crippen LogP contribution < -0.4 is 5.32 Å². The number of aromatic nitrogens is 4. The standard InChI is InChI=1S/C26H28N6/c1-18(20-7-5-4-6-8-20)25-23-17-31(3)15-13-24(23)29-26(30-25)28-21-9-11-22(12-10-21)32-16-14-27-19(32)2/h4-12,14,16,18H,13,15,17H2,1-3H3,(H,28,29,30). The minimum absolute atomic E-state index is 0.201. The van der Waals surface area contributed by atoms with E-state index in [0.717, 1.165) is 48.1 Å². The summed E-state index contributed by atoms with van der Waals surface area (Å²) in [6.45, 7) is 6.14. The van der Waals surface area contributed by atoms with Crippen LogP contribution in [0.1, 0.15) is 41.2 Å². The number of hydrogen-bond acceptors (Lipinski definition) is 5. The van der Waals surface area contributed by atoms with Crippen molar-refractivity contribution < 1.29 is 0 Å². The Balaban J connectivity index is 1.47. The maximum atomic E-state index is 5.01. The van der Waals surface area contributed by atoms with Crippen molar-refractivity contribution in [1.29, 1.82) is 0 Å². The van der Waals surface area contributed by atoms with Gasteiger partial charge in [-0.15, -0.1) is 0 Å². The van der Waals surface area contributed by atoms with E-state index in [9.17, 15) is 0 Å². The number of nitrogens with one attached hydrogen (secondary N) is 1. The van der Waals surface area contributed by atoms with Crippen molar-refractivity contribution in [3.05, 3.63) is 95.3 Å². The number of hydrogen-bond donors (Lipinski definition) is 1. The Morgan fingerprint density at radius 1 is 1.00 bits per heavy atom. The van der Waals surface area contributed by atoms with E-state index in [4.69, 9.17) is 9.97 Å². The maximum absolute atomic E-state index is 5.01. The molecule has 5 rings (SSSR count). The van der Waals surface area contributed by atoms with E-state index in [1.807, 2.05) is 19.3 Å². The summed E-state index contributed by atoms with van der Waals surface area (Å²) in [6.07, 6.45) is 4.73. The summed E-state index contributed by atoms with van der Waals surface area (Å²) >= 11 is 0. The van der Waals surface area contributed by atoms with Gasteiger partial charge in [0.25, 0.3) is 0 Å². The van der Waals surface area contributed by atoms with Crippen molar-refractivity contribution in [3.8, 4) is 5.69 Å². The van der Waals surface area contributed by atoms with E-state index in [2.05, 4.69) is 88.3 Å². The molecule has 0 amide bonds. The van der Waals surface area contributed by atoms with Gasteiger partial charge in [0.1, 0.15) is 5.82 Å². The van der Waals surface area contributed by atoms with Crippen molar-refractivity contribution in [2.45, 2.75) is 32.7 Å². The first kappa shape index (κ1) is 20.4. The van der Waals surface area contributed by atoms with Crippen LogP contribution in [0.2, 0.25) is 0 Å². The molecular weight excluding hydrogens is 396 g/mol. The Bertz CT molecular complexity index is 1210. The average Bonchev–Trinajstić information content (AvgIpc) is 3.25. The minimum Gasteiger partial charge on any atom is -0.324 e. The third-order valence-electron chi connectivity index (χ3n) is 6.22. The second-order valence-corrected chi connectivity index (χ2v) is 8.49. The summed E-state index contributed by atoms with van der Waals surface area (Å²) in [4.78, 5) is 16.6. The van der Waals surface area contributed by atoms with Gasteiger partial charge in [-0.1, -0.05) is 37.3 Å². The number of anilines is 2. The molecule has 1 aliphatic heterocycles. The Morgan fingerprint density at radius 3 is 2.50 bits per heavy atom. The van der Waals surface area contributed by atoms with Crippen molar-refractivity contribution >= 4 is 11.6 Å². The molecule has 3 heterocycles. The van der Waals surface area contributed by atoms with E-state index >= 15 is 0 Å². The summed E-state index contributed by atoms with van der Waals surface area (Å²) < 4.78 is 2.06. The number of aryl methyl sites for hydroxylation is 1. The SMILES string of the molecule is Cc1nccn1-c1ccc(Nc2nc3c(c(C(C)c4ccccc4)n2)CN(C)CC3)cc1. The summed E-state index contributed by atoms with van der Waals surface area (Å²) in [5.41, 5.74) is 6.86. The molecular formula is C26H28N6. The Labute approximate surface area is 189 Å². The first-order valence-corrected chi connectivity index (χ1v) is 11.1. The highest BCUT2D eigenvalue weighted by molar-refractivity contribution is 5.57. The fourth-order valence-corrected chi connectivity index (χ4v) is 4.37. The zero-order chi connectivity index (χ0) is 22.1. The highest BCUT2D eigenvalue weighted by Crippen LogP contribution is 2.31. The molecule has 1 atom stereocenters. The van der Waals surface area contributed by atoms with Crippen molar-refractivity contribution in [2.24, 2.45) is 0 Å². The first-order chi connectivity index (χ1) is 15.6. The average molecular weight is 425 g/mol. The summed E-state index contributed by atoms with van der Waals surface area (Å²) in [7, 11) is 2.16. The van der Waals surface area contributed by atoms with E-state index in [0.29, 0.717) is 5.95 Å². The van der Waals surface area contributed by atoms with Gasteiger partial charge < -0.3 is 14.8 Å². The molecule has 0 saturated heterocycles. The fourth-order valence-electron chi connectivity index (χ4n) is 4.37. The molecule has 1 unspecified atom stereocenters. The van der Waals surface area contributed by atoms with E-state index in [1.165, 1.54) is 11.1 Å². The molecule has 32 heavy (non-hydrogen) atoms. The number of imidazole rings is 1. The van der Waals surface area contributed by atoms with E-state index in [1.54, 1.807) is 0 Å². The van der Waals surface area contributed by atoms with Gasteiger partial charge >= 0.3 is 0 Å². The molecule has 6 nitrogen and oxygen atoms in total. The van der Waals surface area contributed by atoms with Crippen LogP contribution in [0.25, 0.3) is 5.69 Å². The van der Waals surface area contributed by atoms with Crippen LogP contribution in [0, 0.1) is 6.92 Å². The van der Waals surface area contributed by atoms with Crippen LogP contribution in [0.4, 0.5) is 11.6 Å².